The first-order chi connectivity index (χ1) is 14.7. The fraction of sp³-hybridized carbons (Fsp3) is 0.517. The number of aliphatic imine (C=N–C) groups is 1. The summed E-state index contributed by atoms with van der Waals surface area (Å²) in [5.74, 6) is 1.05. The van der Waals surface area contributed by atoms with Crippen LogP contribution in [0.3, 0.4) is 0 Å². The van der Waals surface area contributed by atoms with Crippen molar-refractivity contribution in [3.63, 3.8) is 0 Å². The van der Waals surface area contributed by atoms with Crippen LogP contribution in [0.15, 0.2) is 41.4 Å². The molecule has 0 unspecified atom stereocenters. The Kier molecular flexibility index (Phi) is 5.01. The van der Waals surface area contributed by atoms with E-state index in [1.807, 2.05) is 7.05 Å². The molecule has 2 aromatic rings. The fourth-order valence-corrected chi connectivity index (χ4v) is 6.72. The van der Waals surface area contributed by atoms with E-state index in [1.165, 1.54) is 22.3 Å². The number of nitrogens with zero attached hydrogens (tertiary/aromatic N) is 1. The molecule has 0 saturated carbocycles. The second kappa shape index (κ2) is 7.04. The van der Waals surface area contributed by atoms with Crippen molar-refractivity contribution in [3.05, 3.63) is 69.8 Å². The summed E-state index contributed by atoms with van der Waals surface area (Å²) in [6.45, 7) is 18.6. The van der Waals surface area contributed by atoms with Crippen LogP contribution in [0.1, 0.15) is 102 Å². The first kappa shape index (κ1) is 22.8. The third kappa shape index (κ3) is 3.60. The van der Waals surface area contributed by atoms with E-state index in [2.05, 4.69) is 97.1 Å². The highest BCUT2D eigenvalue weighted by molar-refractivity contribution is 6.10. The summed E-state index contributed by atoms with van der Waals surface area (Å²) in [6, 6.07) is 13.2. The van der Waals surface area contributed by atoms with Gasteiger partial charge in [0.25, 0.3) is 0 Å². The minimum absolute atomic E-state index is 0.114. The van der Waals surface area contributed by atoms with E-state index in [0.29, 0.717) is 5.84 Å². The van der Waals surface area contributed by atoms with E-state index in [4.69, 9.17) is 10.4 Å². The molecule has 2 aliphatic carbocycles. The zero-order valence-corrected chi connectivity index (χ0v) is 21.3. The van der Waals surface area contributed by atoms with Crippen LogP contribution in [0.5, 0.6) is 0 Å². The summed E-state index contributed by atoms with van der Waals surface area (Å²) in [5, 5.41) is 12.0. The fourth-order valence-electron chi connectivity index (χ4n) is 6.72. The summed E-state index contributed by atoms with van der Waals surface area (Å²) in [4.78, 5) is 4.74. The lowest BCUT2D eigenvalue weighted by molar-refractivity contribution is 0.402. The van der Waals surface area contributed by atoms with Crippen molar-refractivity contribution in [1.29, 1.82) is 5.41 Å². The highest BCUT2D eigenvalue weighted by Crippen LogP contribution is 2.50. The van der Waals surface area contributed by atoms with Crippen LogP contribution in [-0.4, -0.2) is 18.7 Å². The number of nitrogens with one attached hydrogen (secondary N) is 2. The van der Waals surface area contributed by atoms with Crippen molar-refractivity contribution >= 4 is 11.7 Å². The van der Waals surface area contributed by atoms with Gasteiger partial charge in [-0.1, -0.05) is 79.7 Å². The summed E-state index contributed by atoms with van der Waals surface area (Å²) in [5.41, 5.74) is 8.12. The molecule has 0 fully saturated rings. The zero-order chi connectivity index (χ0) is 23.7. The average Bonchev–Trinajstić information content (AvgIpc) is 3.00. The van der Waals surface area contributed by atoms with E-state index in [0.717, 1.165) is 29.8 Å². The maximum absolute atomic E-state index is 8.77. The van der Waals surface area contributed by atoms with Gasteiger partial charge in [0.2, 0.25) is 0 Å². The largest absolute Gasteiger partial charge is 0.373 e. The van der Waals surface area contributed by atoms with Crippen LogP contribution in [-0.2, 0) is 21.7 Å². The van der Waals surface area contributed by atoms with Crippen LogP contribution >= 0.6 is 0 Å². The molecule has 2 aliphatic rings. The van der Waals surface area contributed by atoms with Crippen molar-refractivity contribution in [1.82, 2.24) is 5.32 Å². The quantitative estimate of drug-likeness (QED) is 0.410. The van der Waals surface area contributed by atoms with Crippen LogP contribution in [0, 0.1) is 5.41 Å². The van der Waals surface area contributed by atoms with Crippen LogP contribution in [0.2, 0.25) is 0 Å². The van der Waals surface area contributed by atoms with Crippen molar-refractivity contribution in [2.75, 3.05) is 7.05 Å². The lowest BCUT2D eigenvalue weighted by atomic mass is 9.82. The van der Waals surface area contributed by atoms with Crippen molar-refractivity contribution in [2.24, 2.45) is 4.99 Å². The first-order valence-corrected chi connectivity index (χ1v) is 11.8. The molecule has 170 valence electrons. The molecule has 0 aromatic heterocycles. The van der Waals surface area contributed by atoms with E-state index in [-0.39, 0.29) is 21.7 Å². The minimum atomic E-state index is 0.114. The van der Waals surface area contributed by atoms with E-state index < -0.39 is 0 Å². The van der Waals surface area contributed by atoms with E-state index in [9.17, 15) is 0 Å². The number of amidine groups is 2. The molecule has 0 bridgehead atoms. The molecule has 0 amide bonds. The molecular formula is C29H39N3. The lowest BCUT2D eigenvalue weighted by Crippen LogP contribution is -2.22. The molecule has 2 aromatic carbocycles. The van der Waals surface area contributed by atoms with Gasteiger partial charge in [0.05, 0.1) is 0 Å². The Morgan fingerprint density at radius 3 is 1.56 bits per heavy atom. The number of fused-ring (bicyclic) bond motifs is 2. The lowest BCUT2D eigenvalue weighted by Gasteiger charge is -2.22. The molecular weight excluding hydrogens is 390 g/mol. The standard InChI is InChI=1S/C29H39N3/c1-26(2)16-28(5,6)22-14-18(10-12-20(22)26)24(30)32-25(31-9)19-11-13-21-23(15-19)29(7,8)17-27(21,3)4/h10-15H,16-17H2,1-9H3,(H2,30,31,32). The normalized spacial score (nSPS) is 21.7. The van der Waals surface area contributed by atoms with Crippen molar-refractivity contribution in [3.8, 4) is 0 Å². The first-order valence-electron chi connectivity index (χ1n) is 11.8. The van der Waals surface area contributed by atoms with Crippen LogP contribution in [0.4, 0.5) is 0 Å². The summed E-state index contributed by atoms with van der Waals surface area (Å²) in [6.07, 6.45) is 2.26. The average molecular weight is 430 g/mol. The SMILES string of the molecule is CN/C(=N\C(=N)c1ccc2c(c1)C(C)(C)CC2(C)C)c1ccc2c(c1)C(C)(C)CC2(C)C. The summed E-state index contributed by atoms with van der Waals surface area (Å²) >= 11 is 0. The third-order valence-corrected chi connectivity index (χ3v) is 7.73. The van der Waals surface area contributed by atoms with Gasteiger partial charge in [-0.2, -0.15) is 0 Å². The Balaban J connectivity index is 1.71. The Morgan fingerprint density at radius 1 is 0.688 bits per heavy atom. The van der Waals surface area contributed by atoms with Gasteiger partial charge < -0.3 is 5.32 Å². The molecule has 0 spiro atoms. The van der Waals surface area contributed by atoms with Gasteiger partial charge in [0.15, 0.2) is 5.84 Å². The molecule has 0 heterocycles. The summed E-state index contributed by atoms with van der Waals surface area (Å²) < 4.78 is 0. The Morgan fingerprint density at radius 2 is 1.09 bits per heavy atom. The number of benzene rings is 2. The molecule has 4 rings (SSSR count). The number of hydrogen-bond acceptors (Lipinski definition) is 1. The van der Waals surface area contributed by atoms with Gasteiger partial charge >= 0.3 is 0 Å². The highest BCUT2D eigenvalue weighted by atomic mass is 15.0. The maximum Gasteiger partial charge on any atom is 0.154 e. The molecule has 0 atom stereocenters. The van der Waals surface area contributed by atoms with Crippen molar-refractivity contribution in [2.45, 2.75) is 89.9 Å². The second-order valence-electron chi connectivity index (χ2n) is 12.5. The molecule has 0 radical (unpaired) electrons. The predicted octanol–water partition coefficient (Wildman–Crippen LogP) is 6.60. The summed E-state index contributed by atoms with van der Waals surface area (Å²) in [7, 11) is 1.89. The van der Waals surface area contributed by atoms with Gasteiger partial charge in [0.1, 0.15) is 5.84 Å². The van der Waals surface area contributed by atoms with Crippen molar-refractivity contribution < 1.29 is 0 Å². The predicted molar refractivity (Wildman–Crippen MR) is 137 cm³/mol. The molecule has 3 nitrogen and oxygen atoms in total. The highest BCUT2D eigenvalue weighted by Gasteiger charge is 2.43. The van der Waals surface area contributed by atoms with Gasteiger partial charge in [0, 0.05) is 18.2 Å². The van der Waals surface area contributed by atoms with Crippen LogP contribution in [0.25, 0.3) is 0 Å². The van der Waals surface area contributed by atoms with Gasteiger partial charge in [-0.3, -0.25) is 5.41 Å². The van der Waals surface area contributed by atoms with Crippen LogP contribution < -0.4 is 5.32 Å². The van der Waals surface area contributed by atoms with E-state index in [1.54, 1.807) is 0 Å². The second-order valence-corrected chi connectivity index (χ2v) is 12.5. The third-order valence-electron chi connectivity index (χ3n) is 7.73. The number of hydrogen-bond donors (Lipinski definition) is 2. The molecule has 2 N–H and O–H groups in total. The van der Waals surface area contributed by atoms with E-state index >= 15 is 0 Å². The molecule has 32 heavy (non-hydrogen) atoms. The van der Waals surface area contributed by atoms with Gasteiger partial charge in [-0.15, -0.1) is 0 Å². The van der Waals surface area contributed by atoms with Gasteiger partial charge in [-0.05, 0) is 68.9 Å². The Bertz CT molecular complexity index is 1130. The molecule has 3 heteroatoms. The monoisotopic (exact) mass is 429 g/mol. The molecule has 0 aliphatic heterocycles. The Labute approximate surface area is 194 Å². The maximum atomic E-state index is 8.77. The Hall–Kier alpha value is -2.42. The number of rotatable bonds is 2. The minimum Gasteiger partial charge on any atom is -0.373 e. The smallest absolute Gasteiger partial charge is 0.154 e. The van der Waals surface area contributed by atoms with Gasteiger partial charge in [-0.25, -0.2) is 4.99 Å². The topological polar surface area (TPSA) is 48.2 Å². The zero-order valence-electron chi connectivity index (χ0n) is 21.3. The molecule has 0 saturated heterocycles.